The minimum atomic E-state index is -0.375. The lowest BCUT2D eigenvalue weighted by Crippen LogP contribution is -2.23. The number of hydrogen-bond donors (Lipinski definition) is 0. The monoisotopic (exact) mass is 266 g/mol. The highest BCUT2D eigenvalue weighted by Crippen LogP contribution is 2.15. The maximum absolute atomic E-state index is 11.5. The van der Waals surface area contributed by atoms with Gasteiger partial charge < -0.3 is 4.74 Å². The number of unbranched alkanes of at least 4 members (excludes halogenated alkanes) is 6. The summed E-state index contributed by atoms with van der Waals surface area (Å²) >= 11 is 0. The number of rotatable bonds is 8. The molecule has 0 saturated heterocycles. The maximum atomic E-state index is 11.5. The zero-order chi connectivity index (χ0) is 14.6. The molecule has 0 aliphatic heterocycles. The van der Waals surface area contributed by atoms with Gasteiger partial charge in [-0.2, -0.15) is 0 Å². The number of esters is 1. The van der Waals surface area contributed by atoms with Crippen molar-refractivity contribution < 1.29 is 9.53 Å². The van der Waals surface area contributed by atoms with E-state index in [0.29, 0.717) is 6.61 Å². The van der Waals surface area contributed by atoms with Crippen LogP contribution in [0.3, 0.4) is 0 Å². The van der Waals surface area contributed by atoms with Crippen LogP contribution in [0.1, 0.15) is 79.1 Å². The van der Waals surface area contributed by atoms with Gasteiger partial charge in [0.2, 0.25) is 0 Å². The molecular formula is C17H30O2. The first-order valence-electron chi connectivity index (χ1n) is 7.61. The molecule has 0 aliphatic rings. The summed E-state index contributed by atoms with van der Waals surface area (Å²) < 4.78 is 5.22. The molecule has 0 saturated carbocycles. The lowest BCUT2D eigenvalue weighted by atomic mass is 9.97. The molecule has 0 spiro atoms. The van der Waals surface area contributed by atoms with Crippen molar-refractivity contribution in [1.82, 2.24) is 0 Å². The topological polar surface area (TPSA) is 26.3 Å². The van der Waals surface area contributed by atoms with Crippen molar-refractivity contribution in [3.63, 3.8) is 0 Å². The standard InChI is InChI=1S/C17H30O2/c1-5-6-7-8-9-10-11-12-13-14-15-19-16(18)17(2,3)4/h5,8-15H2,1-4H3. The smallest absolute Gasteiger partial charge is 0.311 e. The predicted molar refractivity (Wildman–Crippen MR) is 80.8 cm³/mol. The Kier molecular flexibility index (Phi) is 10.4. The Morgan fingerprint density at radius 3 is 2.11 bits per heavy atom. The van der Waals surface area contributed by atoms with E-state index in [1.807, 2.05) is 20.8 Å². The van der Waals surface area contributed by atoms with Gasteiger partial charge in [-0.25, -0.2) is 0 Å². The van der Waals surface area contributed by atoms with Crippen molar-refractivity contribution >= 4 is 5.97 Å². The van der Waals surface area contributed by atoms with Gasteiger partial charge in [-0.1, -0.05) is 32.6 Å². The SMILES string of the molecule is CCC#CCCCCCCCCOC(=O)C(C)(C)C. The zero-order valence-electron chi connectivity index (χ0n) is 13.2. The second kappa shape index (κ2) is 10.9. The number of carbonyl (C=O) groups excluding carboxylic acids is 1. The summed E-state index contributed by atoms with van der Waals surface area (Å²) in [7, 11) is 0. The average Bonchev–Trinajstić information content (AvgIpc) is 2.34. The molecular weight excluding hydrogens is 236 g/mol. The van der Waals surface area contributed by atoms with Gasteiger partial charge in [-0.15, -0.1) is 11.8 Å². The third-order valence-electron chi connectivity index (χ3n) is 2.84. The fourth-order valence-electron chi connectivity index (χ4n) is 1.62. The quantitative estimate of drug-likeness (QED) is 0.361. The number of hydrogen-bond acceptors (Lipinski definition) is 2. The van der Waals surface area contributed by atoms with Crippen LogP contribution in [0.2, 0.25) is 0 Å². The molecule has 0 amide bonds. The first-order valence-corrected chi connectivity index (χ1v) is 7.61. The molecule has 0 aliphatic carbocycles. The Labute approximate surface area is 119 Å². The second-order valence-corrected chi connectivity index (χ2v) is 5.96. The van der Waals surface area contributed by atoms with Crippen molar-refractivity contribution in [3.05, 3.63) is 0 Å². The van der Waals surface area contributed by atoms with Crippen LogP contribution >= 0.6 is 0 Å². The molecule has 0 aromatic carbocycles. The fourth-order valence-corrected chi connectivity index (χ4v) is 1.62. The molecule has 19 heavy (non-hydrogen) atoms. The van der Waals surface area contributed by atoms with Crippen molar-refractivity contribution in [2.45, 2.75) is 79.1 Å². The zero-order valence-corrected chi connectivity index (χ0v) is 13.2. The van der Waals surface area contributed by atoms with Crippen molar-refractivity contribution in [3.8, 4) is 11.8 Å². The molecule has 2 nitrogen and oxygen atoms in total. The van der Waals surface area contributed by atoms with Crippen LogP contribution in [0.15, 0.2) is 0 Å². The van der Waals surface area contributed by atoms with Gasteiger partial charge in [0, 0.05) is 12.8 Å². The summed E-state index contributed by atoms with van der Waals surface area (Å²) in [4.78, 5) is 11.5. The molecule has 0 aromatic rings. The number of ether oxygens (including phenoxy) is 1. The van der Waals surface area contributed by atoms with Crippen LogP contribution in [0.5, 0.6) is 0 Å². The largest absolute Gasteiger partial charge is 0.465 e. The van der Waals surface area contributed by atoms with E-state index in [9.17, 15) is 4.79 Å². The highest BCUT2D eigenvalue weighted by Gasteiger charge is 2.22. The highest BCUT2D eigenvalue weighted by atomic mass is 16.5. The van der Waals surface area contributed by atoms with Crippen LogP contribution < -0.4 is 0 Å². The predicted octanol–water partition coefficient (Wildman–Crippen LogP) is 4.72. The molecule has 0 fully saturated rings. The lowest BCUT2D eigenvalue weighted by molar-refractivity contribution is -0.153. The third-order valence-corrected chi connectivity index (χ3v) is 2.84. The molecule has 0 atom stereocenters. The van der Waals surface area contributed by atoms with E-state index in [4.69, 9.17) is 4.74 Å². The summed E-state index contributed by atoms with van der Waals surface area (Å²) in [6.45, 7) is 8.31. The Morgan fingerprint density at radius 2 is 1.53 bits per heavy atom. The minimum Gasteiger partial charge on any atom is -0.465 e. The summed E-state index contributed by atoms with van der Waals surface area (Å²) in [5, 5.41) is 0. The van der Waals surface area contributed by atoms with Gasteiger partial charge in [-0.05, 0) is 33.6 Å². The molecule has 110 valence electrons. The molecule has 2 heteroatoms. The van der Waals surface area contributed by atoms with Crippen LogP contribution in [0.25, 0.3) is 0 Å². The summed E-state index contributed by atoms with van der Waals surface area (Å²) in [6, 6.07) is 0. The molecule has 0 aromatic heterocycles. The molecule has 0 radical (unpaired) electrons. The normalized spacial score (nSPS) is 10.7. The van der Waals surface area contributed by atoms with E-state index in [-0.39, 0.29) is 11.4 Å². The van der Waals surface area contributed by atoms with Crippen molar-refractivity contribution in [2.24, 2.45) is 5.41 Å². The molecule has 0 heterocycles. The third kappa shape index (κ3) is 11.8. The molecule has 0 bridgehead atoms. The Balaban J connectivity index is 3.26. The average molecular weight is 266 g/mol. The number of carbonyl (C=O) groups is 1. The van der Waals surface area contributed by atoms with Crippen LogP contribution in [0.4, 0.5) is 0 Å². The van der Waals surface area contributed by atoms with Crippen LogP contribution in [-0.2, 0) is 9.53 Å². The van der Waals surface area contributed by atoms with Crippen LogP contribution in [0, 0.1) is 17.3 Å². The van der Waals surface area contributed by atoms with Gasteiger partial charge in [0.1, 0.15) is 0 Å². The summed E-state index contributed by atoms with van der Waals surface area (Å²) in [5.41, 5.74) is -0.375. The second-order valence-electron chi connectivity index (χ2n) is 5.96. The van der Waals surface area contributed by atoms with Gasteiger partial charge >= 0.3 is 5.97 Å². The van der Waals surface area contributed by atoms with Crippen molar-refractivity contribution in [2.75, 3.05) is 6.61 Å². The molecule has 0 unspecified atom stereocenters. The summed E-state index contributed by atoms with van der Waals surface area (Å²) in [5.74, 6) is 6.16. The van der Waals surface area contributed by atoms with Gasteiger partial charge in [-0.3, -0.25) is 4.79 Å². The lowest BCUT2D eigenvalue weighted by Gasteiger charge is -2.16. The van der Waals surface area contributed by atoms with Gasteiger partial charge in [0.15, 0.2) is 0 Å². The van der Waals surface area contributed by atoms with E-state index in [0.717, 1.165) is 25.7 Å². The summed E-state index contributed by atoms with van der Waals surface area (Å²) in [6.07, 6.45) is 9.11. The van der Waals surface area contributed by atoms with E-state index in [2.05, 4.69) is 18.8 Å². The van der Waals surface area contributed by atoms with Gasteiger partial charge in [0.25, 0.3) is 0 Å². The van der Waals surface area contributed by atoms with E-state index >= 15 is 0 Å². The highest BCUT2D eigenvalue weighted by molar-refractivity contribution is 5.75. The molecule has 0 rings (SSSR count). The Hall–Kier alpha value is -0.970. The molecule has 0 N–H and O–H groups in total. The van der Waals surface area contributed by atoms with E-state index < -0.39 is 0 Å². The maximum Gasteiger partial charge on any atom is 0.311 e. The Bertz CT molecular complexity index is 289. The van der Waals surface area contributed by atoms with Gasteiger partial charge in [0.05, 0.1) is 12.0 Å². The Morgan fingerprint density at radius 1 is 0.947 bits per heavy atom. The first kappa shape index (κ1) is 18.0. The van der Waals surface area contributed by atoms with E-state index in [1.54, 1.807) is 0 Å². The minimum absolute atomic E-state index is 0.0954. The first-order chi connectivity index (χ1) is 8.98. The van der Waals surface area contributed by atoms with Crippen molar-refractivity contribution in [1.29, 1.82) is 0 Å². The van der Waals surface area contributed by atoms with Crippen LogP contribution in [-0.4, -0.2) is 12.6 Å². The fraction of sp³-hybridized carbons (Fsp3) is 0.824. The van der Waals surface area contributed by atoms with E-state index in [1.165, 1.54) is 25.7 Å².